The molecule has 0 N–H and O–H groups in total. The molecular formula is C30H44F2. The van der Waals surface area contributed by atoms with Gasteiger partial charge in [0.25, 0.3) is 0 Å². The minimum absolute atomic E-state index is 0.165. The largest absolute Gasteiger partial charge is 0.207 e. The Kier molecular flexibility index (Phi) is 8.46. The van der Waals surface area contributed by atoms with Gasteiger partial charge in [-0.2, -0.15) is 0 Å². The fraction of sp³-hybridized carbons (Fsp3) is 0.733. The molecule has 4 unspecified atom stereocenters. The van der Waals surface area contributed by atoms with Crippen LogP contribution in [0.3, 0.4) is 0 Å². The first-order valence-corrected chi connectivity index (χ1v) is 13.7. The zero-order valence-corrected chi connectivity index (χ0v) is 20.3. The van der Waals surface area contributed by atoms with Crippen LogP contribution in [-0.2, 0) is 6.42 Å². The van der Waals surface area contributed by atoms with Gasteiger partial charge in [0.05, 0.1) is 0 Å². The van der Waals surface area contributed by atoms with E-state index < -0.39 is 11.6 Å². The molecule has 2 heteroatoms. The summed E-state index contributed by atoms with van der Waals surface area (Å²) in [5, 5.41) is 0. The van der Waals surface area contributed by atoms with E-state index in [1.165, 1.54) is 77.0 Å². The van der Waals surface area contributed by atoms with Crippen molar-refractivity contribution in [1.82, 2.24) is 0 Å². The van der Waals surface area contributed by atoms with Crippen LogP contribution in [0.5, 0.6) is 0 Å². The molecule has 4 rings (SSSR count). The van der Waals surface area contributed by atoms with Crippen molar-refractivity contribution in [3.8, 4) is 0 Å². The molecule has 1 aromatic carbocycles. The fourth-order valence-electron chi connectivity index (χ4n) is 7.49. The molecule has 3 saturated carbocycles. The average molecular weight is 443 g/mol. The minimum atomic E-state index is -0.393. The number of hydrogen-bond acceptors (Lipinski definition) is 0. The van der Waals surface area contributed by atoms with Crippen molar-refractivity contribution in [3.63, 3.8) is 0 Å². The van der Waals surface area contributed by atoms with Gasteiger partial charge in [-0.25, -0.2) is 8.78 Å². The van der Waals surface area contributed by atoms with Crippen molar-refractivity contribution in [2.24, 2.45) is 29.6 Å². The van der Waals surface area contributed by atoms with Crippen LogP contribution in [0, 0.1) is 41.2 Å². The summed E-state index contributed by atoms with van der Waals surface area (Å²) in [7, 11) is 0. The SMILES string of the molecule is C=CCc1c(F)cc(C2CCC3CC(C4CCC(CCCCC)CC4)CCC3C2)cc1F. The fourth-order valence-corrected chi connectivity index (χ4v) is 7.49. The third-order valence-corrected chi connectivity index (χ3v) is 9.41. The molecule has 1 aromatic rings. The topological polar surface area (TPSA) is 0 Å². The molecule has 4 atom stereocenters. The van der Waals surface area contributed by atoms with E-state index in [2.05, 4.69) is 13.5 Å². The molecule has 0 spiro atoms. The second-order valence-corrected chi connectivity index (χ2v) is 11.3. The third kappa shape index (κ3) is 5.65. The Labute approximate surface area is 195 Å². The van der Waals surface area contributed by atoms with Crippen molar-refractivity contribution in [2.75, 3.05) is 0 Å². The van der Waals surface area contributed by atoms with Crippen molar-refractivity contribution < 1.29 is 8.78 Å². The van der Waals surface area contributed by atoms with Crippen molar-refractivity contribution in [2.45, 2.75) is 109 Å². The highest BCUT2D eigenvalue weighted by Gasteiger charge is 2.39. The Morgan fingerprint density at radius 3 is 2.06 bits per heavy atom. The Morgan fingerprint density at radius 2 is 1.41 bits per heavy atom. The summed E-state index contributed by atoms with van der Waals surface area (Å²) in [6.45, 7) is 5.92. The quantitative estimate of drug-likeness (QED) is 0.278. The van der Waals surface area contributed by atoms with Crippen LogP contribution in [0.15, 0.2) is 24.8 Å². The zero-order valence-electron chi connectivity index (χ0n) is 20.3. The predicted molar refractivity (Wildman–Crippen MR) is 131 cm³/mol. The number of allylic oxidation sites excluding steroid dienone is 1. The highest BCUT2D eigenvalue weighted by atomic mass is 19.1. The van der Waals surface area contributed by atoms with Crippen LogP contribution in [0.25, 0.3) is 0 Å². The van der Waals surface area contributed by atoms with Crippen LogP contribution >= 0.6 is 0 Å². The van der Waals surface area contributed by atoms with E-state index in [0.29, 0.717) is 5.92 Å². The highest BCUT2D eigenvalue weighted by molar-refractivity contribution is 5.30. The number of halogens is 2. The summed E-state index contributed by atoms with van der Waals surface area (Å²) in [4.78, 5) is 0. The highest BCUT2D eigenvalue weighted by Crippen LogP contribution is 2.51. The van der Waals surface area contributed by atoms with Gasteiger partial charge in [-0.1, -0.05) is 51.5 Å². The molecule has 0 heterocycles. The van der Waals surface area contributed by atoms with Crippen LogP contribution in [-0.4, -0.2) is 0 Å². The zero-order chi connectivity index (χ0) is 22.5. The second-order valence-electron chi connectivity index (χ2n) is 11.3. The van der Waals surface area contributed by atoms with Gasteiger partial charge in [-0.15, -0.1) is 6.58 Å². The van der Waals surface area contributed by atoms with Crippen molar-refractivity contribution in [1.29, 1.82) is 0 Å². The molecule has 0 nitrogen and oxygen atoms in total. The van der Waals surface area contributed by atoms with Crippen molar-refractivity contribution >= 4 is 0 Å². The maximum atomic E-state index is 14.5. The molecule has 3 fully saturated rings. The summed E-state index contributed by atoms with van der Waals surface area (Å²) in [5.74, 6) is 4.06. The van der Waals surface area contributed by atoms with Gasteiger partial charge in [-0.05, 0) is 111 Å². The Balaban J connectivity index is 1.28. The number of hydrogen-bond donors (Lipinski definition) is 0. The van der Waals surface area contributed by atoms with Gasteiger partial charge in [0.15, 0.2) is 0 Å². The van der Waals surface area contributed by atoms with E-state index in [-0.39, 0.29) is 12.0 Å². The normalized spacial score (nSPS) is 33.0. The Morgan fingerprint density at radius 1 is 0.812 bits per heavy atom. The molecule has 0 saturated heterocycles. The summed E-state index contributed by atoms with van der Waals surface area (Å²) in [6.07, 6.45) is 21.0. The number of rotatable bonds is 8. The lowest BCUT2D eigenvalue weighted by atomic mass is 9.60. The van der Waals surface area contributed by atoms with Crippen molar-refractivity contribution in [3.05, 3.63) is 47.5 Å². The van der Waals surface area contributed by atoms with Crippen LogP contribution < -0.4 is 0 Å². The molecule has 3 aliphatic carbocycles. The molecule has 0 radical (unpaired) electrons. The molecule has 32 heavy (non-hydrogen) atoms. The molecule has 0 bridgehead atoms. The number of benzene rings is 1. The molecule has 0 aliphatic heterocycles. The van der Waals surface area contributed by atoms with E-state index in [1.54, 1.807) is 18.2 Å². The minimum Gasteiger partial charge on any atom is -0.207 e. The first-order chi connectivity index (χ1) is 15.6. The van der Waals surface area contributed by atoms with Crippen LogP contribution in [0.2, 0.25) is 0 Å². The van der Waals surface area contributed by atoms with Gasteiger partial charge < -0.3 is 0 Å². The third-order valence-electron chi connectivity index (χ3n) is 9.41. The van der Waals surface area contributed by atoms with Gasteiger partial charge in [0.2, 0.25) is 0 Å². The average Bonchev–Trinajstić information content (AvgIpc) is 2.81. The van der Waals surface area contributed by atoms with E-state index in [1.807, 2.05) is 0 Å². The standard InChI is InChI=1S/C30H44F2/c1-3-5-6-8-21-9-11-22(12-10-21)23-13-14-25-18-26(16-15-24(25)17-23)27-19-29(31)28(7-4-2)30(32)20-27/h4,19-26H,2-3,5-18H2,1H3. The summed E-state index contributed by atoms with van der Waals surface area (Å²) in [5.41, 5.74) is 1.05. The van der Waals surface area contributed by atoms with Gasteiger partial charge >= 0.3 is 0 Å². The van der Waals surface area contributed by atoms with E-state index in [9.17, 15) is 8.78 Å². The number of unbranched alkanes of at least 4 members (excludes halogenated alkanes) is 2. The molecular weight excluding hydrogens is 398 g/mol. The Bertz CT molecular complexity index is 722. The van der Waals surface area contributed by atoms with E-state index in [0.717, 1.165) is 48.0 Å². The molecule has 0 amide bonds. The summed E-state index contributed by atoms with van der Waals surface area (Å²) >= 11 is 0. The summed E-state index contributed by atoms with van der Waals surface area (Å²) < 4.78 is 28.9. The lowest BCUT2D eigenvalue weighted by Gasteiger charge is -2.45. The van der Waals surface area contributed by atoms with Gasteiger partial charge in [-0.3, -0.25) is 0 Å². The second kappa shape index (κ2) is 11.3. The molecule has 0 aromatic heterocycles. The van der Waals surface area contributed by atoms with Gasteiger partial charge in [0, 0.05) is 5.56 Å². The van der Waals surface area contributed by atoms with E-state index in [4.69, 9.17) is 0 Å². The van der Waals surface area contributed by atoms with Gasteiger partial charge in [0.1, 0.15) is 11.6 Å². The maximum absolute atomic E-state index is 14.5. The monoisotopic (exact) mass is 442 g/mol. The van der Waals surface area contributed by atoms with Crippen LogP contribution in [0.1, 0.15) is 114 Å². The smallest absolute Gasteiger partial charge is 0.129 e. The molecule has 178 valence electrons. The lowest BCUT2D eigenvalue weighted by Crippen LogP contribution is -2.34. The Hall–Kier alpha value is -1.18. The van der Waals surface area contributed by atoms with E-state index >= 15 is 0 Å². The molecule has 3 aliphatic rings. The lowest BCUT2D eigenvalue weighted by molar-refractivity contribution is 0.0709. The summed E-state index contributed by atoms with van der Waals surface area (Å²) in [6, 6.07) is 3.22. The number of fused-ring (bicyclic) bond motifs is 1. The van der Waals surface area contributed by atoms with Crippen LogP contribution in [0.4, 0.5) is 8.78 Å². The first-order valence-electron chi connectivity index (χ1n) is 13.7. The predicted octanol–water partition coefficient (Wildman–Crippen LogP) is 9.38. The first kappa shape index (κ1) is 24.0. The maximum Gasteiger partial charge on any atom is 0.129 e.